The molecule has 3 fully saturated rings. The van der Waals surface area contributed by atoms with Crippen molar-refractivity contribution in [2.45, 2.75) is 50.8 Å². The molecule has 0 aromatic carbocycles. The molecule has 8 nitrogen and oxygen atoms in total. The van der Waals surface area contributed by atoms with Gasteiger partial charge in [0.05, 0.1) is 17.8 Å². The monoisotopic (exact) mass is 483 g/mol. The molecule has 3 heterocycles. The number of hydrogen-bond donors (Lipinski definition) is 0. The van der Waals surface area contributed by atoms with Crippen molar-refractivity contribution in [2.24, 2.45) is 12.5 Å². The third-order valence-electron chi connectivity index (χ3n) is 6.73. The molecule has 6 rings (SSSR count). The minimum atomic E-state index is -1.02. The maximum Gasteiger partial charge on any atom is 0.312 e. The van der Waals surface area contributed by atoms with Gasteiger partial charge in [0.1, 0.15) is 22.6 Å². The van der Waals surface area contributed by atoms with E-state index in [0.717, 1.165) is 0 Å². The van der Waals surface area contributed by atoms with Gasteiger partial charge in [-0.15, -0.1) is 5.10 Å². The van der Waals surface area contributed by atoms with Crippen LogP contribution in [0.5, 0.6) is 0 Å². The zero-order chi connectivity index (χ0) is 24.1. The van der Waals surface area contributed by atoms with Crippen molar-refractivity contribution in [1.29, 1.82) is 0 Å². The van der Waals surface area contributed by atoms with Gasteiger partial charge < -0.3 is 4.74 Å². The number of esters is 1. The average molecular weight is 484 g/mol. The zero-order valence-corrected chi connectivity index (χ0v) is 19.5. The highest BCUT2D eigenvalue weighted by molar-refractivity contribution is 6.30. The number of carbonyl (C=O) groups is 2. The fraction of sp³-hybridized carbons (Fsp3) is 0.417. The van der Waals surface area contributed by atoms with Gasteiger partial charge in [0.2, 0.25) is 0 Å². The van der Waals surface area contributed by atoms with Crippen LogP contribution in [0.15, 0.2) is 36.7 Å². The Kier molecular flexibility index (Phi) is 5.47. The predicted molar refractivity (Wildman–Crippen MR) is 121 cm³/mol. The molecule has 3 aliphatic carbocycles. The molecule has 34 heavy (non-hydrogen) atoms. The van der Waals surface area contributed by atoms with Crippen LogP contribution in [-0.2, 0) is 23.0 Å². The number of halogens is 2. The van der Waals surface area contributed by atoms with Crippen molar-refractivity contribution < 1.29 is 18.7 Å². The van der Waals surface area contributed by atoms with Gasteiger partial charge in [0.25, 0.3) is 0 Å². The van der Waals surface area contributed by atoms with E-state index in [9.17, 15) is 14.0 Å². The van der Waals surface area contributed by atoms with Crippen LogP contribution in [0.25, 0.3) is 11.4 Å². The first-order valence-electron chi connectivity index (χ1n) is 11.0. The largest absolute Gasteiger partial charge is 0.457 e. The molecule has 3 saturated carbocycles. The molecule has 0 N–H and O–H groups in total. The number of pyridine rings is 2. The molecule has 3 aromatic heterocycles. The summed E-state index contributed by atoms with van der Waals surface area (Å²) in [7, 11) is 1.68. The van der Waals surface area contributed by atoms with Gasteiger partial charge in [-0.1, -0.05) is 22.9 Å². The summed E-state index contributed by atoms with van der Waals surface area (Å²) in [4.78, 5) is 33.6. The second-order valence-electron chi connectivity index (χ2n) is 9.41. The lowest BCUT2D eigenvalue weighted by atomic mass is 9.41. The average Bonchev–Trinajstić information content (AvgIpc) is 3.12. The first-order valence-corrected chi connectivity index (χ1v) is 11.4. The number of aromatic nitrogens is 5. The van der Waals surface area contributed by atoms with Crippen molar-refractivity contribution in [3.63, 3.8) is 0 Å². The van der Waals surface area contributed by atoms with Gasteiger partial charge in [-0.3, -0.25) is 19.3 Å². The fourth-order valence-electron chi connectivity index (χ4n) is 5.10. The Balaban J connectivity index is 1.26. The molecule has 3 aliphatic rings. The van der Waals surface area contributed by atoms with Crippen LogP contribution in [-0.4, -0.2) is 42.4 Å². The molecule has 0 unspecified atom stereocenters. The molecule has 2 bridgehead atoms. The maximum atomic E-state index is 13.7. The van der Waals surface area contributed by atoms with E-state index in [0.29, 0.717) is 53.9 Å². The molecule has 176 valence electrons. The van der Waals surface area contributed by atoms with E-state index in [4.69, 9.17) is 16.3 Å². The Hall–Kier alpha value is -3.20. The Labute approximate surface area is 200 Å². The summed E-state index contributed by atoms with van der Waals surface area (Å²) < 4.78 is 20.8. The van der Waals surface area contributed by atoms with Crippen LogP contribution < -0.4 is 0 Å². The van der Waals surface area contributed by atoms with Crippen molar-refractivity contribution in [3.8, 4) is 11.4 Å². The minimum Gasteiger partial charge on any atom is -0.457 e. The van der Waals surface area contributed by atoms with Gasteiger partial charge in [0.15, 0.2) is 5.78 Å². The highest BCUT2D eigenvalue weighted by atomic mass is 35.5. The van der Waals surface area contributed by atoms with Gasteiger partial charge in [-0.05, 0) is 49.8 Å². The highest BCUT2D eigenvalue weighted by Crippen LogP contribution is 2.71. The molecular weight excluding hydrogens is 461 g/mol. The van der Waals surface area contributed by atoms with Gasteiger partial charge >= 0.3 is 5.97 Å². The lowest BCUT2D eigenvalue weighted by Gasteiger charge is -2.65. The van der Waals surface area contributed by atoms with Crippen molar-refractivity contribution in [2.75, 3.05) is 0 Å². The van der Waals surface area contributed by atoms with Crippen LogP contribution in [0.1, 0.15) is 60.3 Å². The SMILES string of the molecule is C[C@@H](OC(=O)Cc1c(-c2ccc(C(=O)CC34CC(F)(C3)C4)cn2)nnn1C)c1cccnc1Cl. The van der Waals surface area contributed by atoms with Crippen LogP contribution in [0.3, 0.4) is 0 Å². The molecule has 0 radical (unpaired) electrons. The molecular formula is C24H23ClFN5O3. The second kappa shape index (κ2) is 8.23. The van der Waals surface area contributed by atoms with E-state index < -0.39 is 17.7 Å². The maximum absolute atomic E-state index is 13.7. The second-order valence-corrected chi connectivity index (χ2v) is 9.77. The minimum absolute atomic E-state index is 0.0354. The zero-order valence-electron chi connectivity index (χ0n) is 18.8. The summed E-state index contributed by atoms with van der Waals surface area (Å²) in [5.41, 5.74) is 1.38. The molecule has 0 amide bonds. The number of rotatable bonds is 8. The summed E-state index contributed by atoms with van der Waals surface area (Å²) in [6.45, 7) is 1.72. The smallest absolute Gasteiger partial charge is 0.312 e. The van der Waals surface area contributed by atoms with Crippen molar-refractivity contribution in [3.05, 3.63) is 58.6 Å². The number of nitrogens with zero attached hydrogens (tertiary/aromatic N) is 5. The van der Waals surface area contributed by atoms with Crippen LogP contribution in [0.2, 0.25) is 5.15 Å². The van der Waals surface area contributed by atoms with Gasteiger partial charge in [-0.25, -0.2) is 9.37 Å². The number of hydrogen-bond acceptors (Lipinski definition) is 7. The standard InChI is InChI=1S/C24H23ClFN5O3/c1-14(16-4-3-7-27-22(16)25)34-20(33)8-18-21(29-30-31(18)2)17-6-5-15(10-28-17)19(32)9-23-11-24(26,12-23)13-23/h3-7,10,14H,8-9,11-13H2,1-2H3/t14-,23?,24?/m1/s1. The third-order valence-corrected chi connectivity index (χ3v) is 7.04. The highest BCUT2D eigenvalue weighted by Gasteiger charge is 2.69. The quantitative estimate of drug-likeness (QED) is 0.268. The molecule has 0 spiro atoms. The Morgan fingerprint density at radius 1 is 1.24 bits per heavy atom. The number of carbonyl (C=O) groups excluding carboxylic acids is 2. The van der Waals surface area contributed by atoms with Crippen LogP contribution in [0.4, 0.5) is 4.39 Å². The molecule has 10 heteroatoms. The fourth-order valence-corrected chi connectivity index (χ4v) is 5.38. The van der Waals surface area contributed by atoms with Gasteiger partial charge in [0, 0.05) is 37.0 Å². The molecule has 1 atom stereocenters. The molecule has 3 aromatic rings. The Bertz CT molecular complexity index is 1260. The first kappa shape index (κ1) is 22.6. The van der Waals surface area contributed by atoms with Crippen molar-refractivity contribution in [1.82, 2.24) is 25.0 Å². The third kappa shape index (κ3) is 4.09. The summed E-state index contributed by atoms with van der Waals surface area (Å²) >= 11 is 6.09. The molecule has 0 aliphatic heterocycles. The summed E-state index contributed by atoms with van der Waals surface area (Å²) in [5, 5.41) is 8.45. The summed E-state index contributed by atoms with van der Waals surface area (Å²) in [6, 6.07) is 6.84. The lowest BCUT2D eigenvalue weighted by molar-refractivity contribution is -0.210. The van der Waals surface area contributed by atoms with E-state index in [1.807, 2.05) is 0 Å². The Morgan fingerprint density at radius 2 is 2.00 bits per heavy atom. The number of aryl methyl sites for hydroxylation is 1. The van der Waals surface area contributed by atoms with E-state index >= 15 is 0 Å². The predicted octanol–water partition coefficient (Wildman–Crippen LogP) is 4.24. The number of Topliss-reactive ketones (excluding diaryl/α,β-unsaturated/α-hetero) is 1. The van der Waals surface area contributed by atoms with Gasteiger partial charge in [-0.2, -0.15) is 0 Å². The summed E-state index contributed by atoms with van der Waals surface area (Å²) in [6.07, 6.45) is 4.23. The topological polar surface area (TPSA) is 99.9 Å². The van der Waals surface area contributed by atoms with Crippen LogP contribution in [0, 0.1) is 5.41 Å². The van der Waals surface area contributed by atoms with E-state index in [-0.39, 0.29) is 22.8 Å². The number of ether oxygens (including phenoxy) is 1. The van der Waals surface area contributed by atoms with Crippen molar-refractivity contribution >= 4 is 23.4 Å². The normalized spacial score (nSPS) is 23.5. The number of ketones is 1. The van der Waals surface area contributed by atoms with E-state index in [1.54, 1.807) is 44.4 Å². The van der Waals surface area contributed by atoms with E-state index in [1.165, 1.54) is 10.9 Å². The lowest BCUT2D eigenvalue weighted by Crippen LogP contribution is -2.64. The number of alkyl halides is 1. The Morgan fingerprint density at radius 3 is 2.65 bits per heavy atom. The van der Waals surface area contributed by atoms with Crippen LogP contribution >= 0.6 is 11.6 Å². The summed E-state index contributed by atoms with van der Waals surface area (Å²) in [5.74, 6) is -0.512. The molecule has 0 saturated heterocycles. The first-order chi connectivity index (χ1) is 16.2. The van der Waals surface area contributed by atoms with E-state index in [2.05, 4.69) is 20.3 Å².